The summed E-state index contributed by atoms with van der Waals surface area (Å²) in [5.74, 6) is 0.405. The molecule has 1 heterocycles. The van der Waals surface area contributed by atoms with Gasteiger partial charge in [0.1, 0.15) is 5.75 Å². The number of hydrogen-bond donors (Lipinski definition) is 2. The third-order valence-electron chi connectivity index (χ3n) is 8.60. The fourth-order valence-electron chi connectivity index (χ4n) is 6.52. The van der Waals surface area contributed by atoms with Gasteiger partial charge in [-0.1, -0.05) is 20.8 Å². The van der Waals surface area contributed by atoms with Crippen LogP contribution in [0.5, 0.6) is 5.75 Å². The molecular formula is C28H39N3O4S. The van der Waals surface area contributed by atoms with E-state index in [4.69, 9.17) is 9.72 Å². The molecule has 0 aliphatic heterocycles. The predicted octanol–water partition coefficient (Wildman–Crippen LogP) is 4.96. The van der Waals surface area contributed by atoms with Crippen LogP contribution in [0.2, 0.25) is 0 Å². The van der Waals surface area contributed by atoms with Crippen LogP contribution in [0.4, 0.5) is 5.13 Å². The van der Waals surface area contributed by atoms with Crippen LogP contribution < -0.4 is 10.1 Å². The molecule has 0 radical (unpaired) electrons. The number of ether oxygens (including phenoxy) is 1. The molecule has 7 nitrogen and oxygen atoms in total. The average molecular weight is 514 g/mol. The highest BCUT2D eigenvalue weighted by molar-refractivity contribution is 7.15. The molecule has 2 aromatic rings. The number of benzene rings is 1. The summed E-state index contributed by atoms with van der Waals surface area (Å²) in [6.07, 6.45) is 2.06. The number of amides is 2. The maximum absolute atomic E-state index is 13.1. The van der Waals surface area contributed by atoms with Gasteiger partial charge in [-0.2, -0.15) is 0 Å². The van der Waals surface area contributed by atoms with Crippen molar-refractivity contribution in [3.05, 3.63) is 40.4 Å². The Morgan fingerprint density at radius 3 is 2.56 bits per heavy atom. The van der Waals surface area contributed by atoms with E-state index in [9.17, 15) is 14.7 Å². The molecule has 1 fully saturated rings. The van der Waals surface area contributed by atoms with E-state index in [1.165, 1.54) is 16.2 Å². The van der Waals surface area contributed by atoms with E-state index < -0.39 is 6.10 Å². The Kier molecular flexibility index (Phi) is 7.76. The number of methoxy groups -OCH3 is 1. The number of aromatic nitrogens is 1. The molecule has 0 saturated heterocycles. The van der Waals surface area contributed by atoms with Gasteiger partial charge in [-0.15, -0.1) is 11.3 Å². The van der Waals surface area contributed by atoms with Crippen LogP contribution in [0, 0.1) is 23.2 Å². The molecule has 4 rings (SSSR count). The van der Waals surface area contributed by atoms with E-state index in [0.717, 1.165) is 25.0 Å². The van der Waals surface area contributed by atoms with Crippen LogP contribution in [0.25, 0.3) is 0 Å². The quantitative estimate of drug-likeness (QED) is 0.546. The number of carbonyl (C=O) groups is 2. The smallest absolute Gasteiger partial charge is 0.257 e. The molecule has 0 spiro atoms. The monoisotopic (exact) mass is 513 g/mol. The number of nitrogens with one attached hydrogen (secondary N) is 1. The number of fused-ring (bicyclic) bond motifs is 2. The van der Waals surface area contributed by atoms with Crippen molar-refractivity contribution < 1.29 is 19.4 Å². The van der Waals surface area contributed by atoms with Gasteiger partial charge in [0.2, 0.25) is 5.91 Å². The van der Waals surface area contributed by atoms with Gasteiger partial charge < -0.3 is 14.7 Å². The van der Waals surface area contributed by atoms with Gasteiger partial charge in [-0.05, 0) is 74.6 Å². The lowest BCUT2D eigenvalue weighted by Gasteiger charge is -2.53. The predicted molar refractivity (Wildman–Crippen MR) is 143 cm³/mol. The van der Waals surface area contributed by atoms with Crippen molar-refractivity contribution in [2.75, 3.05) is 25.5 Å². The highest BCUT2D eigenvalue weighted by Gasteiger charge is 2.54. The lowest BCUT2D eigenvalue weighted by Crippen LogP contribution is -2.53. The van der Waals surface area contributed by atoms with Crippen LogP contribution >= 0.6 is 11.3 Å². The van der Waals surface area contributed by atoms with Gasteiger partial charge in [0.05, 0.1) is 18.9 Å². The molecule has 0 bridgehead atoms. The third-order valence-corrected chi connectivity index (χ3v) is 9.59. The molecule has 2 N–H and O–H groups in total. The van der Waals surface area contributed by atoms with Crippen molar-refractivity contribution in [1.29, 1.82) is 0 Å². The topological polar surface area (TPSA) is 91.8 Å². The molecule has 1 aromatic heterocycles. The van der Waals surface area contributed by atoms with Crippen molar-refractivity contribution >= 4 is 28.3 Å². The molecule has 2 aliphatic carbocycles. The van der Waals surface area contributed by atoms with E-state index in [2.05, 4.69) is 19.2 Å². The first-order valence-electron chi connectivity index (χ1n) is 13.0. The summed E-state index contributed by atoms with van der Waals surface area (Å²) in [5, 5.41) is 15.2. The van der Waals surface area contributed by atoms with Crippen molar-refractivity contribution in [1.82, 2.24) is 9.88 Å². The number of hydrogen-bond acceptors (Lipinski definition) is 6. The standard InChI is InChI=1S/C28H39N3O4S/c1-7-31(8-2)26(34)16(3)20-13-14-28(5)15-21-23(17(4)22(28)24(20)32)29-27(36-21)30-25(33)18-9-11-19(35-6)12-10-18/h9-12,16-17,20,22,24,32H,7-8,13-15H2,1-6H3,(H,29,30,33). The Bertz CT molecular complexity index is 1100. The summed E-state index contributed by atoms with van der Waals surface area (Å²) in [6.45, 7) is 11.8. The van der Waals surface area contributed by atoms with Gasteiger partial charge in [0, 0.05) is 35.4 Å². The van der Waals surface area contributed by atoms with Crippen LogP contribution in [-0.4, -0.2) is 53.1 Å². The second-order valence-electron chi connectivity index (χ2n) is 10.6. The highest BCUT2D eigenvalue weighted by Crippen LogP contribution is 2.57. The zero-order chi connectivity index (χ0) is 26.2. The summed E-state index contributed by atoms with van der Waals surface area (Å²) in [5.41, 5.74) is 1.45. The van der Waals surface area contributed by atoms with Gasteiger partial charge in [0.15, 0.2) is 5.13 Å². The molecule has 2 aliphatic rings. The van der Waals surface area contributed by atoms with E-state index in [1.807, 2.05) is 25.7 Å². The van der Waals surface area contributed by atoms with Gasteiger partial charge >= 0.3 is 0 Å². The van der Waals surface area contributed by atoms with Crippen molar-refractivity contribution in [2.45, 2.75) is 65.9 Å². The fourth-order valence-corrected chi connectivity index (χ4v) is 7.78. The first-order chi connectivity index (χ1) is 17.1. The van der Waals surface area contributed by atoms with Crippen LogP contribution in [0.3, 0.4) is 0 Å². The molecule has 2 amide bonds. The first kappa shape index (κ1) is 26.6. The van der Waals surface area contributed by atoms with Crippen molar-refractivity contribution in [3.63, 3.8) is 0 Å². The van der Waals surface area contributed by atoms with Gasteiger partial charge in [0.25, 0.3) is 5.91 Å². The summed E-state index contributed by atoms with van der Waals surface area (Å²) < 4.78 is 5.17. The lowest BCUT2D eigenvalue weighted by molar-refractivity contribution is -0.144. The minimum atomic E-state index is -0.569. The Hall–Kier alpha value is -2.45. The van der Waals surface area contributed by atoms with E-state index in [0.29, 0.717) is 29.5 Å². The van der Waals surface area contributed by atoms with Gasteiger partial charge in [-0.25, -0.2) is 4.98 Å². The maximum Gasteiger partial charge on any atom is 0.257 e. The number of aliphatic hydroxyl groups is 1. The molecule has 196 valence electrons. The summed E-state index contributed by atoms with van der Waals surface area (Å²) in [7, 11) is 1.59. The molecule has 1 saturated carbocycles. The van der Waals surface area contributed by atoms with Crippen LogP contribution in [-0.2, 0) is 11.2 Å². The lowest BCUT2D eigenvalue weighted by atomic mass is 9.53. The summed E-state index contributed by atoms with van der Waals surface area (Å²) >= 11 is 1.54. The largest absolute Gasteiger partial charge is 0.497 e. The second kappa shape index (κ2) is 10.5. The Morgan fingerprint density at radius 2 is 1.94 bits per heavy atom. The number of rotatable bonds is 7. The second-order valence-corrected chi connectivity index (χ2v) is 11.7. The van der Waals surface area contributed by atoms with E-state index in [-0.39, 0.29) is 40.9 Å². The Morgan fingerprint density at radius 1 is 1.28 bits per heavy atom. The van der Waals surface area contributed by atoms with Gasteiger partial charge in [-0.3, -0.25) is 14.9 Å². The summed E-state index contributed by atoms with van der Waals surface area (Å²) in [6, 6.07) is 6.99. The Balaban J connectivity index is 1.53. The van der Waals surface area contributed by atoms with Crippen LogP contribution in [0.1, 0.15) is 74.3 Å². The number of carbonyl (C=O) groups excluding carboxylic acids is 2. The highest BCUT2D eigenvalue weighted by atomic mass is 32.1. The number of aliphatic hydroxyl groups excluding tert-OH is 1. The zero-order valence-corrected chi connectivity index (χ0v) is 23.0. The zero-order valence-electron chi connectivity index (χ0n) is 22.2. The normalized spacial score (nSPS) is 28.0. The molecule has 6 unspecified atom stereocenters. The average Bonchev–Trinajstić information content (AvgIpc) is 3.26. The number of nitrogens with zero attached hydrogens (tertiary/aromatic N) is 2. The third kappa shape index (κ3) is 4.77. The number of anilines is 1. The SMILES string of the molecule is CCN(CC)C(=O)C(C)C1CCC2(C)Cc3sc(NC(=O)c4ccc(OC)cc4)nc3C(C)C2C1O. The molecule has 36 heavy (non-hydrogen) atoms. The fraction of sp³-hybridized carbons (Fsp3) is 0.607. The summed E-state index contributed by atoms with van der Waals surface area (Å²) in [4.78, 5) is 33.8. The molecule has 8 heteroatoms. The Labute approximate surface area is 218 Å². The van der Waals surface area contributed by atoms with Crippen molar-refractivity contribution in [3.8, 4) is 5.75 Å². The molecular weight excluding hydrogens is 474 g/mol. The number of thiazole rings is 1. The maximum atomic E-state index is 13.1. The van der Waals surface area contributed by atoms with Crippen molar-refractivity contribution in [2.24, 2.45) is 23.2 Å². The minimum Gasteiger partial charge on any atom is -0.497 e. The van der Waals surface area contributed by atoms with E-state index in [1.54, 1.807) is 31.4 Å². The first-order valence-corrected chi connectivity index (χ1v) is 13.9. The molecule has 6 atom stereocenters. The minimum absolute atomic E-state index is 0.0166. The van der Waals surface area contributed by atoms with E-state index >= 15 is 0 Å². The van der Waals surface area contributed by atoms with Crippen LogP contribution in [0.15, 0.2) is 24.3 Å². The molecule has 1 aromatic carbocycles.